The molecule has 3 nitrogen and oxygen atoms in total. The van der Waals surface area contributed by atoms with Gasteiger partial charge in [-0.1, -0.05) is 74.0 Å². The molecule has 3 aromatic rings. The van der Waals surface area contributed by atoms with Crippen molar-refractivity contribution in [3.63, 3.8) is 0 Å². The Bertz CT molecular complexity index is 1320. The van der Waals surface area contributed by atoms with Crippen LogP contribution in [0.25, 0.3) is 11.1 Å². The summed E-state index contributed by atoms with van der Waals surface area (Å²) in [5.41, 5.74) is 3.79. The molecule has 0 saturated heterocycles. The summed E-state index contributed by atoms with van der Waals surface area (Å²) < 4.78 is 6.86. The molecule has 0 bridgehead atoms. The van der Waals surface area contributed by atoms with Gasteiger partial charge in [-0.15, -0.1) is 0 Å². The van der Waals surface area contributed by atoms with Crippen LogP contribution in [0.2, 0.25) is 5.02 Å². The van der Waals surface area contributed by atoms with Gasteiger partial charge in [0.2, 0.25) is 0 Å². The maximum atomic E-state index is 14.2. The van der Waals surface area contributed by atoms with E-state index < -0.39 is 11.5 Å². The number of hydrogen-bond acceptors (Lipinski definition) is 3. The second-order valence-electron chi connectivity index (χ2n) is 10.0. The van der Waals surface area contributed by atoms with Crippen LogP contribution in [0, 0.1) is 11.3 Å². The highest BCUT2D eigenvalue weighted by Gasteiger charge is 2.62. The van der Waals surface area contributed by atoms with E-state index in [0.29, 0.717) is 34.8 Å². The predicted octanol–water partition coefficient (Wildman–Crippen LogP) is 6.74. The van der Waals surface area contributed by atoms with Crippen molar-refractivity contribution in [2.24, 2.45) is 11.3 Å². The van der Waals surface area contributed by atoms with Crippen molar-refractivity contribution in [2.45, 2.75) is 32.3 Å². The molecule has 0 aromatic heterocycles. The fourth-order valence-electron chi connectivity index (χ4n) is 5.89. The molecule has 6 rings (SSSR count). The summed E-state index contributed by atoms with van der Waals surface area (Å²) in [6, 6.07) is 23.1. The summed E-state index contributed by atoms with van der Waals surface area (Å²) in [5.74, 6) is -0.194. The zero-order valence-corrected chi connectivity index (χ0v) is 19.3. The average molecular weight is 455 g/mol. The Labute approximate surface area is 198 Å². The first kappa shape index (κ1) is 20.4. The minimum atomic E-state index is -1.05. The summed E-state index contributed by atoms with van der Waals surface area (Å²) in [4.78, 5) is 27.7. The Balaban J connectivity index is 1.64. The van der Waals surface area contributed by atoms with E-state index in [-0.39, 0.29) is 17.0 Å². The molecule has 0 amide bonds. The van der Waals surface area contributed by atoms with Gasteiger partial charge >= 0.3 is 0 Å². The number of Topliss-reactive ketones (excluding diaryl/α,β-unsaturated/α-hetero) is 2. The first-order valence-electron chi connectivity index (χ1n) is 11.3. The topological polar surface area (TPSA) is 43.4 Å². The molecule has 3 aromatic carbocycles. The first-order valence-corrected chi connectivity index (χ1v) is 11.6. The number of ether oxygens (including phenoxy) is 1. The third kappa shape index (κ3) is 2.82. The van der Waals surface area contributed by atoms with Gasteiger partial charge in [-0.25, -0.2) is 0 Å². The van der Waals surface area contributed by atoms with E-state index in [1.165, 1.54) is 0 Å². The number of hydrogen-bond donors (Lipinski definition) is 0. The largest absolute Gasteiger partial charge is 0.480 e. The molecule has 1 spiro atoms. The van der Waals surface area contributed by atoms with Crippen molar-refractivity contribution in [1.82, 2.24) is 0 Å². The number of ketones is 2. The lowest BCUT2D eigenvalue weighted by molar-refractivity contribution is -0.118. The Hall–Kier alpha value is -3.17. The maximum absolute atomic E-state index is 14.2. The van der Waals surface area contributed by atoms with E-state index in [2.05, 4.69) is 26.0 Å². The van der Waals surface area contributed by atoms with Crippen LogP contribution in [-0.2, 0) is 15.1 Å². The second kappa shape index (κ2) is 6.91. The maximum Gasteiger partial charge on any atom is 0.175 e. The zero-order valence-electron chi connectivity index (χ0n) is 18.5. The second-order valence-corrected chi connectivity index (χ2v) is 10.4. The highest BCUT2D eigenvalue weighted by molar-refractivity contribution is 6.30. The van der Waals surface area contributed by atoms with Gasteiger partial charge in [-0.05, 0) is 40.8 Å². The molecule has 0 fully saturated rings. The molecule has 1 atom stereocenters. The van der Waals surface area contributed by atoms with Crippen LogP contribution >= 0.6 is 11.6 Å². The lowest BCUT2D eigenvalue weighted by Crippen LogP contribution is -2.40. The number of benzene rings is 3. The van der Waals surface area contributed by atoms with E-state index in [1.54, 1.807) is 24.3 Å². The monoisotopic (exact) mass is 454 g/mol. The van der Waals surface area contributed by atoms with Crippen molar-refractivity contribution in [2.75, 3.05) is 0 Å². The summed E-state index contributed by atoms with van der Waals surface area (Å²) in [6.07, 6.45) is 1.03. The van der Waals surface area contributed by atoms with E-state index >= 15 is 0 Å². The van der Waals surface area contributed by atoms with Gasteiger partial charge in [0.05, 0.1) is 0 Å². The highest BCUT2D eigenvalue weighted by atomic mass is 35.5. The SMILES string of the molecule is CC1(C)CC(=O)C2=C(C1)OC1(c3ccccc3-c3ccccc31)C2C(=O)c1ccc(Cl)cc1. The van der Waals surface area contributed by atoms with Crippen LogP contribution in [0.3, 0.4) is 0 Å². The van der Waals surface area contributed by atoms with Gasteiger partial charge in [-0.2, -0.15) is 0 Å². The van der Waals surface area contributed by atoms with Crippen molar-refractivity contribution in [1.29, 1.82) is 0 Å². The molecule has 33 heavy (non-hydrogen) atoms. The molecule has 1 heterocycles. The minimum absolute atomic E-state index is 0.00676. The Kier molecular flexibility index (Phi) is 4.28. The van der Waals surface area contributed by atoms with Gasteiger partial charge in [0.25, 0.3) is 0 Å². The lowest BCUT2D eigenvalue weighted by atomic mass is 9.68. The van der Waals surface area contributed by atoms with Crippen LogP contribution in [-0.4, -0.2) is 11.6 Å². The Morgan fingerprint density at radius 2 is 1.45 bits per heavy atom. The lowest BCUT2D eigenvalue weighted by Gasteiger charge is -2.33. The van der Waals surface area contributed by atoms with Gasteiger partial charge in [0, 0.05) is 40.1 Å². The zero-order chi connectivity index (χ0) is 23.0. The van der Waals surface area contributed by atoms with Crippen LogP contribution in [0.4, 0.5) is 0 Å². The number of rotatable bonds is 2. The Morgan fingerprint density at radius 3 is 2.06 bits per heavy atom. The van der Waals surface area contributed by atoms with Crippen molar-refractivity contribution in [3.8, 4) is 11.1 Å². The molecule has 0 N–H and O–H groups in total. The summed E-state index contributed by atoms with van der Waals surface area (Å²) in [6.45, 7) is 4.16. The van der Waals surface area contributed by atoms with E-state index in [0.717, 1.165) is 22.3 Å². The van der Waals surface area contributed by atoms with Crippen molar-refractivity contribution >= 4 is 23.2 Å². The standard InChI is InChI=1S/C29H23ClO3/c1-28(2)15-23(31)25-24(16-28)33-29(26(25)27(32)17-11-13-18(30)14-12-17)21-9-5-3-7-19(21)20-8-4-6-10-22(20)29/h3-14,26H,15-16H2,1-2H3. The normalized spacial score (nSPS) is 21.4. The first-order chi connectivity index (χ1) is 15.8. The van der Waals surface area contributed by atoms with E-state index in [9.17, 15) is 9.59 Å². The molecular weight excluding hydrogens is 432 g/mol. The van der Waals surface area contributed by atoms with Crippen LogP contribution in [0.5, 0.6) is 0 Å². The fraction of sp³-hybridized carbons (Fsp3) is 0.241. The third-order valence-corrected chi connectivity index (χ3v) is 7.45. The predicted molar refractivity (Wildman–Crippen MR) is 128 cm³/mol. The Morgan fingerprint density at radius 1 is 0.879 bits per heavy atom. The van der Waals surface area contributed by atoms with Crippen molar-refractivity contribution < 1.29 is 14.3 Å². The molecule has 4 heteroatoms. The molecule has 2 aliphatic carbocycles. The fourth-order valence-corrected chi connectivity index (χ4v) is 6.02. The number of carbonyl (C=O) groups is 2. The van der Waals surface area contributed by atoms with E-state index in [1.807, 2.05) is 36.4 Å². The summed E-state index contributed by atoms with van der Waals surface area (Å²) >= 11 is 6.10. The third-order valence-electron chi connectivity index (χ3n) is 7.19. The summed E-state index contributed by atoms with van der Waals surface area (Å²) in [5, 5.41) is 0.566. The van der Waals surface area contributed by atoms with Crippen LogP contribution in [0.1, 0.15) is 48.2 Å². The molecule has 0 saturated carbocycles. The highest BCUT2D eigenvalue weighted by Crippen LogP contribution is 2.62. The average Bonchev–Trinajstić information content (AvgIpc) is 3.27. The molecular formula is C29H23ClO3. The summed E-state index contributed by atoms with van der Waals surface area (Å²) in [7, 11) is 0. The molecule has 164 valence electrons. The van der Waals surface area contributed by atoms with Gasteiger partial charge in [-0.3, -0.25) is 9.59 Å². The van der Waals surface area contributed by atoms with Crippen LogP contribution < -0.4 is 0 Å². The van der Waals surface area contributed by atoms with Gasteiger partial charge < -0.3 is 4.74 Å². The molecule has 0 radical (unpaired) electrons. The van der Waals surface area contributed by atoms with Gasteiger partial charge in [0.1, 0.15) is 11.7 Å². The molecule has 1 aliphatic heterocycles. The van der Waals surface area contributed by atoms with Crippen LogP contribution in [0.15, 0.2) is 84.1 Å². The van der Waals surface area contributed by atoms with Gasteiger partial charge in [0.15, 0.2) is 17.2 Å². The number of allylic oxidation sites excluding steroid dienone is 1. The number of carbonyl (C=O) groups excluding carboxylic acids is 2. The quantitative estimate of drug-likeness (QED) is 0.403. The minimum Gasteiger partial charge on any atom is -0.480 e. The van der Waals surface area contributed by atoms with E-state index in [4.69, 9.17) is 16.3 Å². The number of fused-ring (bicyclic) bond motifs is 5. The molecule has 3 aliphatic rings. The number of halogens is 1. The van der Waals surface area contributed by atoms with Crippen molar-refractivity contribution in [3.05, 3.63) is 106 Å². The molecule has 1 unspecified atom stereocenters. The smallest absolute Gasteiger partial charge is 0.175 e.